The van der Waals surface area contributed by atoms with Crippen LogP contribution in [0.2, 0.25) is 0 Å². The average Bonchev–Trinajstić information content (AvgIpc) is 2.70. The molecular formula is C21H25NO5S. The molecule has 2 aromatic rings. The van der Waals surface area contributed by atoms with Gasteiger partial charge in [-0.15, -0.1) is 11.8 Å². The van der Waals surface area contributed by atoms with E-state index >= 15 is 0 Å². The van der Waals surface area contributed by atoms with Gasteiger partial charge in [0.25, 0.3) is 5.91 Å². The minimum Gasteiger partial charge on any atom is -0.493 e. The Morgan fingerprint density at radius 3 is 2.46 bits per heavy atom. The third-order valence-corrected chi connectivity index (χ3v) is 5.12. The van der Waals surface area contributed by atoms with Crippen LogP contribution in [0.5, 0.6) is 11.5 Å². The summed E-state index contributed by atoms with van der Waals surface area (Å²) >= 11 is 1.41. The van der Waals surface area contributed by atoms with Gasteiger partial charge in [0.05, 0.1) is 20.0 Å². The lowest BCUT2D eigenvalue weighted by atomic mass is 10.2. The fraction of sp³-hybridized carbons (Fsp3) is 0.333. The summed E-state index contributed by atoms with van der Waals surface area (Å²) < 4.78 is 15.5. The first-order chi connectivity index (χ1) is 13.4. The summed E-state index contributed by atoms with van der Waals surface area (Å²) in [6, 6.07) is 11.5. The average molecular weight is 404 g/mol. The third kappa shape index (κ3) is 6.49. The van der Waals surface area contributed by atoms with Crippen molar-refractivity contribution in [2.45, 2.75) is 25.3 Å². The van der Waals surface area contributed by atoms with Gasteiger partial charge in [0.2, 0.25) is 0 Å². The Hall–Kier alpha value is -2.67. The van der Waals surface area contributed by atoms with Gasteiger partial charge in [-0.25, -0.2) is 0 Å². The molecule has 0 aromatic heterocycles. The van der Waals surface area contributed by atoms with E-state index in [1.54, 1.807) is 26.4 Å². The zero-order chi connectivity index (χ0) is 20.5. The lowest BCUT2D eigenvalue weighted by Gasteiger charge is -2.11. The van der Waals surface area contributed by atoms with Crippen LogP contribution in [0, 0.1) is 13.8 Å². The third-order valence-electron chi connectivity index (χ3n) is 3.99. The maximum atomic E-state index is 11.9. The number of amides is 1. The number of hydrogen-bond acceptors (Lipinski definition) is 6. The smallest absolute Gasteiger partial charge is 0.316 e. The monoisotopic (exact) mass is 403 g/mol. The summed E-state index contributed by atoms with van der Waals surface area (Å²) in [5.41, 5.74) is 3.09. The van der Waals surface area contributed by atoms with Gasteiger partial charge >= 0.3 is 5.97 Å². The molecule has 0 aliphatic rings. The molecular weight excluding hydrogens is 378 g/mol. The zero-order valence-electron chi connectivity index (χ0n) is 16.5. The SMILES string of the molecule is COc1ccc(CNC(=O)COC(=O)CSc2cc(C)ccc2C)cc1OC. The minimum atomic E-state index is -0.424. The molecule has 0 aliphatic heterocycles. The van der Waals surface area contributed by atoms with Gasteiger partial charge in [-0.2, -0.15) is 0 Å². The van der Waals surface area contributed by atoms with Crippen LogP contribution in [0.25, 0.3) is 0 Å². The number of rotatable bonds is 9. The highest BCUT2D eigenvalue weighted by Gasteiger charge is 2.10. The summed E-state index contributed by atoms with van der Waals surface area (Å²) in [4.78, 5) is 24.8. The summed E-state index contributed by atoms with van der Waals surface area (Å²) in [6.45, 7) is 3.99. The van der Waals surface area contributed by atoms with Crippen molar-refractivity contribution < 1.29 is 23.8 Å². The molecule has 0 spiro atoms. The molecule has 1 N–H and O–H groups in total. The molecule has 0 atom stereocenters. The van der Waals surface area contributed by atoms with Crippen LogP contribution in [0.15, 0.2) is 41.3 Å². The molecule has 0 unspecified atom stereocenters. The van der Waals surface area contributed by atoms with Crippen molar-refractivity contribution >= 4 is 23.6 Å². The van der Waals surface area contributed by atoms with Gasteiger partial charge in [-0.05, 0) is 43.2 Å². The van der Waals surface area contributed by atoms with E-state index in [9.17, 15) is 9.59 Å². The molecule has 0 saturated carbocycles. The number of hydrogen-bond donors (Lipinski definition) is 1. The van der Waals surface area contributed by atoms with E-state index in [4.69, 9.17) is 14.2 Å². The highest BCUT2D eigenvalue weighted by molar-refractivity contribution is 8.00. The Kier molecular flexibility index (Phi) is 8.19. The number of thioether (sulfide) groups is 1. The van der Waals surface area contributed by atoms with Crippen molar-refractivity contribution in [1.82, 2.24) is 5.32 Å². The Balaban J connectivity index is 1.74. The predicted molar refractivity (Wildman–Crippen MR) is 109 cm³/mol. The van der Waals surface area contributed by atoms with Gasteiger partial charge in [0.15, 0.2) is 18.1 Å². The molecule has 2 rings (SSSR count). The highest BCUT2D eigenvalue weighted by Crippen LogP contribution is 2.27. The first-order valence-electron chi connectivity index (χ1n) is 8.76. The molecule has 0 radical (unpaired) electrons. The van der Waals surface area contributed by atoms with E-state index in [0.717, 1.165) is 21.6 Å². The van der Waals surface area contributed by atoms with Crippen molar-refractivity contribution in [1.29, 1.82) is 0 Å². The lowest BCUT2D eigenvalue weighted by molar-refractivity contribution is -0.145. The number of carbonyl (C=O) groups is 2. The number of aryl methyl sites for hydroxylation is 2. The predicted octanol–water partition coefficient (Wildman–Crippen LogP) is 3.27. The van der Waals surface area contributed by atoms with Crippen molar-refractivity contribution in [3.8, 4) is 11.5 Å². The van der Waals surface area contributed by atoms with Gasteiger partial charge in [0, 0.05) is 11.4 Å². The van der Waals surface area contributed by atoms with Gasteiger partial charge in [-0.3, -0.25) is 9.59 Å². The summed E-state index contributed by atoms with van der Waals surface area (Å²) in [6.07, 6.45) is 0. The normalized spacial score (nSPS) is 10.3. The van der Waals surface area contributed by atoms with Crippen molar-refractivity contribution in [3.05, 3.63) is 53.1 Å². The summed E-state index contributed by atoms with van der Waals surface area (Å²) in [5, 5.41) is 2.71. The lowest BCUT2D eigenvalue weighted by Crippen LogP contribution is -2.28. The van der Waals surface area contributed by atoms with Gasteiger partial charge < -0.3 is 19.5 Å². The second-order valence-electron chi connectivity index (χ2n) is 6.18. The van der Waals surface area contributed by atoms with E-state index in [2.05, 4.69) is 5.32 Å². The molecule has 1 amide bonds. The van der Waals surface area contributed by atoms with E-state index in [1.165, 1.54) is 11.8 Å². The molecule has 7 heteroatoms. The van der Waals surface area contributed by atoms with Crippen LogP contribution in [0.3, 0.4) is 0 Å². The first-order valence-corrected chi connectivity index (χ1v) is 9.74. The molecule has 0 fully saturated rings. The number of methoxy groups -OCH3 is 2. The van der Waals surface area contributed by atoms with Crippen molar-refractivity contribution in [2.75, 3.05) is 26.6 Å². The number of benzene rings is 2. The van der Waals surface area contributed by atoms with E-state index in [1.807, 2.05) is 38.1 Å². The van der Waals surface area contributed by atoms with Crippen LogP contribution < -0.4 is 14.8 Å². The molecule has 28 heavy (non-hydrogen) atoms. The fourth-order valence-electron chi connectivity index (χ4n) is 2.43. The molecule has 6 nitrogen and oxygen atoms in total. The van der Waals surface area contributed by atoms with Crippen LogP contribution >= 0.6 is 11.8 Å². The van der Waals surface area contributed by atoms with Crippen molar-refractivity contribution in [3.63, 3.8) is 0 Å². The number of carbonyl (C=O) groups excluding carboxylic acids is 2. The standard InChI is InChI=1S/C21H25NO5S/c1-14-5-6-15(2)19(9-14)28-13-21(24)27-12-20(23)22-11-16-7-8-17(25-3)18(10-16)26-4/h5-10H,11-13H2,1-4H3,(H,22,23). The molecule has 0 heterocycles. The number of esters is 1. The van der Waals surface area contributed by atoms with Crippen LogP contribution in [0.4, 0.5) is 0 Å². The molecule has 0 saturated heterocycles. The number of nitrogens with one attached hydrogen (secondary N) is 1. The first kappa shape index (κ1) is 21.6. The molecule has 150 valence electrons. The Bertz CT molecular complexity index is 838. The topological polar surface area (TPSA) is 73.9 Å². The van der Waals surface area contributed by atoms with E-state index in [0.29, 0.717) is 18.0 Å². The minimum absolute atomic E-state index is 0.160. The highest BCUT2D eigenvalue weighted by atomic mass is 32.2. The molecule has 2 aromatic carbocycles. The number of ether oxygens (including phenoxy) is 3. The van der Waals surface area contributed by atoms with E-state index < -0.39 is 5.97 Å². The van der Waals surface area contributed by atoms with Crippen LogP contribution in [-0.2, 0) is 20.9 Å². The molecule has 0 aliphatic carbocycles. The van der Waals surface area contributed by atoms with E-state index in [-0.39, 0.29) is 18.3 Å². The zero-order valence-corrected chi connectivity index (χ0v) is 17.4. The quantitative estimate of drug-likeness (QED) is 0.512. The second kappa shape index (κ2) is 10.6. The van der Waals surface area contributed by atoms with Gasteiger partial charge in [-0.1, -0.05) is 23.8 Å². The van der Waals surface area contributed by atoms with Crippen LogP contribution in [-0.4, -0.2) is 38.5 Å². The van der Waals surface area contributed by atoms with Crippen molar-refractivity contribution in [2.24, 2.45) is 0 Å². The Morgan fingerprint density at radius 2 is 1.75 bits per heavy atom. The Morgan fingerprint density at radius 1 is 1.00 bits per heavy atom. The maximum Gasteiger partial charge on any atom is 0.316 e. The Labute approximate surface area is 169 Å². The molecule has 0 bridgehead atoms. The summed E-state index contributed by atoms with van der Waals surface area (Å²) in [5.74, 6) is 0.580. The largest absolute Gasteiger partial charge is 0.493 e. The van der Waals surface area contributed by atoms with Crippen LogP contribution in [0.1, 0.15) is 16.7 Å². The maximum absolute atomic E-state index is 11.9. The second-order valence-corrected chi connectivity index (χ2v) is 7.20. The fourth-order valence-corrected chi connectivity index (χ4v) is 3.35. The van der Waals surface area contributed by atoms with Gasteiger partial charge in [0.1, 0.15) is 0 Å². The summed E-state index contributed by atoms with van der Waals surface area (Å²) in [7, 11) is 3.11.